The SMILES string of the molecule is OC(NCCNC1CCCC1)c1cc(C(F)(F)F)nc2c(C(F)(F)F)cccc12. The quantitative estimate of drug-likeness (QED) is 0.368. The lowest BCUT2D eigenvalue weighted by Gasteiger charge is -2.20. The van der Waals surface area contributed by atoms with E-state index in [0.717, 1.165) is 31.7 Å². The zero-order valence-electron chi connectivity index (χ0n) is 15.4. The Bertz CT molecular complexity index is 846. The van der Waals surface area contributed by atoms with Gasteiger partial charge >= 0.3 is 12.4 Å². The van der Waals surface area contributed by atoms with Crippen LogP contribution in [0.4, 0.5) is 26.3 Å². The number of halogens is 6. The highest BCUT2D eigenvalue weighted by Crippen LogP contribution is 2.38. The number of hydrogen-bond donors (Lipinski definition) is 3. The predicted molar refractivity (Wildman–Crippen MR) is 95.0 cm³/mol. The molecule has 4 nitrogen and oxygen atoms in total. The molecule has 1 aromatic carbocycles. The Labute approximate surface area is 163 Å². The lowest BCUT2D eigenvalue weighted by atomic mass is 10.0. The average Bonchev–Trinajstić information content (AvgIpc) is 3.15. The fourth-order valence-corrected chi connectivity index (χ4v) is 3.60. The number of nitrogens with zero attached hydrogens (tertiary/aromatic N) is 1. The van der Waals surface area contributed by atoms with Crippen LogP contribution in [0.2, 0.25) is 0 Å². The second kappa shape index (κ2) is 8.45. The van der Waals surface area contributed by atoms with Crippen molar-refractivity contribution in [2.45, 2.75) is 50.3 Å². The van der Waals surface area contributed by atoms with Gasteiger partial charge in [0.05, 0.1) is 11.1 Å². The third-order valence-corrected chi connectivity index (χ3v) is 5.01. The van der Waals surface area contributed by atoms with Gasteiger partial charge in [-0.25, -0.2) is 4.98 Å². The molecule has 0 bridgehead atoms. The van der Waals surface area contributed by atoms with Gasteiger partial charge in [0.1, 0.15) is 11.9 Å². The van der Waals surface area contributed by atoms with Crippen LogP contribution in [0.1, 0.15) is 48.7 Å². The van der Waals surface area contributed by atoms with E-state index in [9.17, 15) is 31.4 Å². The first kappa shape index (κ1) is 21.8. The molecule has 1 aliphatic carbocycles. The minimum Gasteiger partial charge on any atom is -0.374 e. The first-order chi connectivity index (χ1) is 13.6. The molecule has 0 spiro atoms. The van der Waals surface area contributed by atoms with E-state index >= 15 is 0 Å². The molecule has 0 amide bonds. The number of aliphatic hydroxyl groups is 1. The Morgan fingerprint density at radius 3 is 2.34 bits per heavy atom. The molecule has 0 aliphatic heterocycles. The highest BCUT2D eigenvalue weighted by Gasteiger charge is 2.38. The molecule has 2 aromatic rings. The maximum Gasteiger partial charge on any atom is 0.433 e. The van der Waals surface area contributed by atoms with Crippen molar-refractivity contribution in [2.75, 3.05) is 13.1 Å². The first-order valence-corrected chi connectivity index (χ1v) is 9.30. The van der Waals surface area contributed by atoms with E-state index in [1.54, 1.807) is 0 Å². The van der Waals surface area contributed by atoms with Crippen LogP contribution >= 0.6 is 0 Å². The Morgan fingerprint density at radius 2 is 1.72 bits per heavy atom. The molecule has 29 heavy (non-hydrogen) atoms. The van der Waals surface area contributed by atoms with E-state index in [1.807, 2.05) is 0 Å². The van der Waals surface area contributed by atoms with Gasteiger partial charge in [0, 0.05) is 30.1 Å². The first-order valence-electron chi connectivity index (χ1n) is 9.30. The lowest BCUT2D eigenvalue weighted by Crippen LogP contribution is -2.35. The summed E-state index contributed by atoms with van der Waals surface area (Å²) in [6, 6.07) is 3.93. The smallest absolute Gasteiger partial charge is 0.374 e. The molecule has 1 atom stereocenters. The number of aromatic nitrogens is 1. The van der Waals surface area contributed by atoms with Crippen molar-refractivity contribution < 1.29 is 31.4 Å². The number of alkyl halides is 6. The lowest BCUT2D eigenvalue weighted by molar-refractivity contribution is -0.142. The van der Waals surface area contributed by atoms with E-state index in [-0.39, 0.29) is 17.5 Å². The van der Waals surface area contributed by atoms with E-state index in [2.05, 4.69) is 15.6 Å². The summed E-state index contributed by atoms with van der Waals surface area (Å²) in [5.74, 6) is 0. The zero-order chi connectivity index (χ0) is 21.2. The van der Waals surface area contributed by atoms with Crippen molar-refractivity contribution in [3.63, 3.8) is 0 Å². The maximum absolute atomic E-state index is 13.3. The van der Waals surface area contributed by atoms with E-state index < -0.39 is 35.4 Å². The maximum atomic E-state index is 13.3. The molecule has 1 heterocycles. The molecular weight excluding hydrogens is 400 g/mol. The van der Waals surface area contributed by atoms with Gasteiger partial charge in [-0.15, -0.1) is 0 Å². The summed E-state index contributed by atoms with van der Waals surface area (Å²) in [5.41, 5.74) is -3.90. The van der Waals surface area contributed by atoms with Crippen LogP contribution in [0, 0.1) is 0 Å². The van der Waals surface area contributed by atoms with Crippen LogP contribution < -0.4 is 10.6 Å². The fraction of sp³-hybridized carbons (Fsp3) is 0.526. The van der Waals surface area contributed by atoms with Crippen LogP contribution in [0.3, 0.4) is 0 Å². The molecule has 1 aliphatic rings. The molecule has 10 heteroatoms. The Balaban J connectivity index is 1.88. The summed E-state index contributed by atoms with van der Waals surface area (Å²) >= 11 is 0. The fourth-order valence-electron chi connectivity index (χ4n) is 3.60. The van der Waals surface area contributed by atoms with Crippen molar-refractivity contribution in [1.29, 1.82) is 0 Å². The van der Waals surface area contributed by atoms with Crippen molar-refractivity contribution in [1.82, 2.24) is 15.6 Å². The standard InChI is InChI=1S/C19H21F6N3O/c20-18(21,22)14-7-3-6-12-13(10-15(19(23,24)25)28-16(12)14)17(29)27-9-8-26-11-4-1-2-5-11/h3,6-7,10-11,17,26-27,29H,1-2,4-5,8-9H2. The molecule has 1 unspecified atom stereocenters. The van der Waals surface area contributed by atoms with Crippen LogP contribution in [0.15, 0.2) is 24.3 Å². The van der Waals surface area contributed by atoms with Crippen molar-refractivity contribution in [2.24, 2.45) is 0 Å². The molecule has 0 saturated heterocycles. The Hall–Kier alpha value is -1.91. The van der Waals surface area contributed by atoms with Gasteiger partial charge in [0.2, 0.25) is 0 Å². The van der Waals surface area contributed by atoms with E-state index in [0.29, 0.717) is 24.7 Å². The summed E-state index contributed by atoms with van der Waals surface area (Å²) in [6.07, 6.45) is -7.03. The van der Waals surface area contributed by atoms with Crippen LogP contribution in [0.25, 0.3) is 10.9 Å². The minimum absolute atomic E-state index is 0.184. The minimum atomic E-state index is -4.95. The number of hydrogen-bond acceptors (Lipinski definition) is 4. The summed E-state index contributed by atoms with van der Waals surface area (Å²) < 4.78 is 79.4. The zero-order valence-corrected chi connectivity index (χ0v) is 15.4. The van der Waals surface area contributed by atoms with Gasteiger partial charge in [-0.1, -0.05) is 25.0 Å². The van der Waals surface area contributed by atoms with Crippen molar-refractivity contribution >= 4 is 10.9 Å². The van der Waals surface area contributed by atoms with Gasteiger partial charge in [0.15, 0.2) is 0 Å². The molecular formula is C19H21F6N3O. The number of pyridine rings is 1. The monoisotopic (exact) mass is 421 g/mol. The van der Waals surface area contributed by atoms with Crippen LogP contribution in [-0.4, -0.2) is 29.2 Å². The average molecular weight is 421 g/mol. The van der Waals surface area contributed by atoms with E-state index in [1.165, 1.54) is 6.07 Å². The molecule has 0 radical (unpaired) electrons. The predicted octanol–water partition coefficient (Wildman–Crippen LogP) is 4.39. The van der Waals surface area contributed by atoms with Crippen molar-refractivity contribution in [3.05, 3.63) is 41.1 Å². The molecule has 1 saturated carbocycles. The van der Waals surface area contributed by atoms with Crippen molar-refractivity contribution in [3.8, 4) is 0 Å². The van der Waals surface area contributed by atoms with Gasteiger partial charge in [-0.05, 0) is 25.0 Å². The topological polar surface area (TPSA) is 57.2 Å². The third-order valence-electron chi connectivity index (χ3n) is 5.01. The van der Waals surface area contributed by atoms with Gasteiger partial charge in [-0.2, -0.15) is 26.3 Å². The molecule has 1 aromatic heterocycles. The second-order valence-electron chi connectivity index (χ2n) is 7.09. The third kappa shape index (κ3) is 5.18. The number of aliphatic hydroxyl groups excluding tert-OH is 1. The summed E-state index contributed by atoms with van der Waals surface area (Å²) in [7, 11) is 0. The second-order valence-corrected chi connectivity index (χ2v) is 7.09. The number of nitrogens with one attached hydrogen (secondary N) is 2. The van der Waals surface area contributed by atoms with Gasteiger partial charge in [0.25, 0.3) is 0 Å². The molecule has 1 fully saturated rings. The highest BCUT2D eigenvalue weighted by molar-refractivity contribution is 5.86. The van der Waals surface area contributed by atoms with Gasteiger partial charge in [-0.3, -0.25) is 5.32 Å². The summed E-state index contributed by atoms with van der Waals surface area (Å²) in [5, 5.41) is 16.1. The number of para-hydroxylation sites is 1. The summed E-state index contributed by atoms with van der Waals surface area (Å²) in [4.78, 5) is 3.21. The normalized spacial score (nSPS) is 17.2. The largest absolute Gasteiger partial charge is 0.433 e. The summed E-state index contributed by atoms with van der Waals surface area (Å²) in [6.45, 7) is 0.715. The van der Waals surface area contributed by atoms with Crippen LogP contribution in [0.5, 0.6) is 0 Å². The Kier molecular flexibility index (Phi) is 6.35. The number of rotatable bonds is 6. The number of benzene rings is 1. The Morgan fingerprint density at radius 1 is 1.03 bits per heavy atom. The molecule has 3 N–H and O–H groups in total. The highest BCUT2D eigenvalue weighted by atomic mass is 19.4. The number of fused-ring (bicyclic) bond motifs is 1. The molecule has 3 rings (SSSR count). The van der Waals surface area contributed by atoms with Gasteiger partial charge < -0.3 is 10.4 Å². The van der Waals surface area contributed by atoms with E-state index in [4.69, 9.17) is 0 Å². The van der Waals surface area contributed by atoms with Crippen LogP contribution in [-0.2, 0) is 12.4 Å². The molecule has 160 valence electrons.